The van der Waals surface area contributed by atoms with Gasteiger partial charge in [0.25, 0.3) is 0 Å². The lowest BCUT2D eigenvalue weighted by Crippen LogP contribution is -2.93. The van der Waals surface area contributed by atoms with E-state index in [1.165, 1.54) is 6.20 Å². The van der Waals surface area contributed by atoms with Gasteiger partial charge in [-0.25, -0.2) is 0 Å². The molecule has 0 aromatic carbocycles. The van der Waals surface area contributed by atoms with Crippen molar-refractivity contribution in [2.24, 2.45) is 0 Å². The molecule has 0 aliphatic carbocycles. The number of amides is 1. The lowest BCUT2D eigenvalue weighted by atomic mass is 10.2. The third-order valence-electron chi connectivity index (χ3n) is 2.66. The first-order chi connectivity index (χ1) is 9.13. The summed E-state index contributed by atoms with van der Waals surface area (Å²) in [7, 11) is 0. The molecular weight excluding hydrogens is 246 g/mol. The number of carboxylic acid groups (broad SMARTS) is 1. The van der Waals surface area contributed by atoms with Crippen LogP contribution in [0.4, 0.5) is 5.69 Å². The Morgan fingerprint density at radius 2 is 2.32 bits per heavy atom. The zero-order valence-electron chi connectivity index (χ0n) is 11.0. The Kier molecular flexibility index (Phi) is 6.52. The first-order valence-corrected chi connectivity index (χ1v) is 6.37. The summed E-state index contributed by atoms with van der Waals surface area (Å²) >= 11 is 0. The molecule has 0 aliphatic heterocycles. The number of unbranched alkanes of at least 4 members (excludes halogenated alkanes) is 1. The monoisotopic (exact) mass is 265 g/mol. The van der Waals surface area contributed by atoms with E-state index < -0.39 is 12.0 Å². The summed E-state index contributed by atoms with van der Waals surface area (Å²) in [6.45, 7) is 2.70. The summed E-state index contributed by atoms with van der Waals surface area (Å²) in [6.07, 6.45) is 4.89. The second kappa shape index (κ2) is 8.20. The quantitative estimate of drug-likeness (QED) is 0.582. The highest BCUT2D eigenvalue weighted by atomic mass is 16.4. The van der Waals surface area contributed by atoms with Crippen molar-refractivity contribution in [2.75, 3.05) is 11.9 Å². The van der Waals surface area contributed by atoms with Crippen LogP contribution in [0.5, 0.6) is 0 Å². The molecule has 6 heteroatoms. The summed E-state index contributed by atoms with van der Waals surface area (Å²) < 4.78 is 0. The number of carboxylic acids is 1. The van der Waals surface area contributed by atoms with Gasteiger partial charge in [-0.05, 0) is 18.6 Å². The molecule has 1 atom stereocenters. The number of hydrogen-bond acceptors (Lipinski definition) is 4. The summed E-state index contributed by atoms with van der Waals surface area (Å²) in [5.41, 5.74) is 0.554. The number of carbonyl (C=O) groups is 2. The topological polar surface area (TPSA) is 98.7 Å². The van der Waals surface area contributed by atoms with Crippen molar-refractivity contribution in [1.29, 1.82) is 0 Å². The number of quaternary nitrogens is 1. The first kappa shape index (κ1) is 15.1. The average molecular weight is 265 g/mol. The average Bonchev–Trinajstić information content (AvgIpc) is 2.38. The van der Waals surface area contributed by atoms with E-state index in [9.17, 15) is 14.7 Å². The minimum absolute atomic E-state index is 0.110. The maximum absolute atomic E-state index is 11.7. The number of anilines is 1. The van der Waals surface area contributed by atoms with Gasteiger partial charge in [0.2, 0.25) is 5.91 Å². The SMILES string of the molecule is CCCC[NH2+][C@H](CC(=O)Nc1cccnc1)C(=O)[O-]. The highest BCUT2D eigenvalue weighted by molar-refractivity contribution is 5.93. The van der Waals surface area contributed by atoms with E-state index in [1.807, 2.05) is 6.92 Å². The number of nitrogens with two attached hydrogens (primary N) is 1. The van der Waals surface area contributed by atoms with E-state index in [0.29, 0.717) is 12.2 Å². The molecule has 3 N–H and O–H groups in total. The Balaban J connectivity index is 2.45. The minimum atomic E-state index is -1.21. The second-order valence-electron chi connectivity index (χ2n) is 4.30. The highest BCUT2D eigenvalue weighted by Crippen LogP contribution is 2.03. The van der Waals surface area contributed by atoms with E-state index in [2.05, 4.69) is 10.3 Å². The van der Waals surface area contributed by atoms with Crippen LogP contribution in [0.15, 0.2) is 24.5 Å². The van der Waals surface area contributed by atoms with E-state index in [4.69, 9.17) is 0 Å². The van der Waals surface area contributed by atoms with Gasteiger partial charge >= 0.3 is 0 Å². The molecule has 0 aliphatic rings. The standard InChI is InChI=1S/C13H19N3O3/c1-2-3-7-15-11(13(18)19)8-12(17)16-10-5-4-6-14-9-10/h4-6,9,11,15H,2-3,7-8H2,1H3,(H,16,17)(H,18,19)/t11-/m1/s1. The number of aliphatic carboxylic acids is 1. The number of hydrogen-bond donors (Lipinski definition) is 2. The van der Waals surface area contributed by atoms with E-state index in [0.717, 1.165) is 12.8 Å². The third kappa shape index (κ3) is 5.96. The molecule has 104 valence electrons. The molecule has 0 saturated heterocycles. The number of carbonyl (C=O) groups excluding carboxylic acids is 2. The fourth-order valence-electron chi connectivity index (χ4n) is 1.63. The van der Waals surface area contributed by atoms with Crippen LogP contribution >= 0.6 is 0 Å². The van der Waals surface area contributed by atoms with Gasteiger partial charge in [-0.1, -0.05) is 13.3 Å². The van der Waals surface area contributed by atoms with Crippen LogP contribution < -0.4 is 15.7 Å². The number of aromatic nitrogens is 1. The van der Waals surface area contributed by atoms with Crippen molar-refractivity contribution in [3.63, 3.8) is 0 Å². The molecular formula is C13H19N3O3. The van der Waals surface area contributed by atoms with E-state index in [-0.39, 0.29) is 12.3 Å². The normalized spacial score (nSPS) is 11.8. The molecule has 0 unspecified atom stereocenters. The van der Waals surface area contributed by atoms with Crippen molar-refractivity contribution in [3.8, 4) is 0 Å². The van der Waals surface area contributed by atoms with Crippen LogP contribution in [0.3, 0.4) is 0 Å². The zero-order chi connectivity index (χ0) is 14.1. The van der Waals surface area contributed by atoms with Crippen LogP contribution in [0.25, 0.3) is 0 Å². The van der Waals surface area contributed by atoms with Crippen molar-refractivity contribution in [2.45, 2.75) is 32.2 Å². The molecule has 0 fully saturated rings. The van der Waals surface area contributed by atoms with Gasteiger partial charge in [0.1, 0.15) is 6.04 Å². The summed E-state index contributed by atoms with van der Waals surface area (Å²) in [4.78, 5) is 26.5. The van der Waals surface area contributed by atoms with Crippen LogP contribution in [0, 0.1) is 0 Å². The molecule has 1 heterocycles. The molecule has 1 aromatic rings. The van der Waals surface area contributed by atoms with Crippen molar-refractivity contribution in [1.82, 2.24) is 4.98 Å². The number of rotatable bonds is 8. The number of pyridine rings is 1. The molecule has 0 bridgehead atoms. The smallest absolute Gasteiger partial charge is 0.230 e. The molecule has 1 amide bonds. The molecule has 1 aromatic heterocycles. The number of nitrogens with one attached hydrogen (secondary N) is 1. The molecule has 0 spiro atoms. The molecule has 1 rings (SSSR count). The fourth-order valence-corrected chi connectivity index (χ4v) is 1.63. The van der Waals surface area contributed by atoms with E-state index in [1.54, 1.807) is 23.6 Å². The van der Waals surface area contributed by atoms with Gasteiger partial charge < -0.3 is 20.5 Å². The van der Waals surface area contributed by atoms with Gasteiger partial charge in [-0.2, -0.15) is 0 Å². The minimum Gasteiger partial charge on any atom is -0.544 e. The lowest BCUT2D eigenvalue weighted by molar-refractivity contribution is -0.682. The lowest BCUT2D eigenvalue weighted by Gasteiger charge is -2.16. The Hall–Kier alpha value is -1.95. The summed E-state index contributed by atoms with van der Waals surface area (Å²) in [5.74, 6) is -1.56. The Morgan fingerprint density at radius 3 is 2.89 bits per heavy atom. The maximum Gasteiger partial charge on any atom is 0.230 e. The van der Waals surface area contributed by atoms with Gasteiger partial charge in [0, 0.05) is 6.20 Å². The molecule has 6 nitrogen and oxygen atoms in total. The Morgan fingerprint density at radius 1 is 1.53 bits per heavy atom. The van der Waals surface area contributed by atoms with Crippen LogP contribution in [0.2, 0.25) is 0 Å². The van der Waals surface area contributed by atoms with E-state index >= 15 is 0 Å². The van der Waals surface area contributed by atoms with Crippen molar-refractivity contribution < 1.29 is 20.0 Å². The van der Waals surface area contributed by atoms with Crippen LogP contribution in [-0.4, -0.2) is 29.4 Å². The Bertz CT molecular complexity index is 409. The highest BCUT2D eigenvalue weighted by Gasteiger charge is 2.17. The van der Waals surface area contributed by atoms with Crippen molar-refractivity contribution in [3.05, 3.63) is 24.5 Å². The van der Waals surface area contributed by atoms with Crippen LogP contribution in [-0.2, 0) is 9.59 Å². The van der Waals surface area contributed by atoms with Gasteiger partial charge in [0.05, 0.1) is 30.8 Å². The zero-order valence-corrected chi connectivity index (χ0v) is 11.0. The molecule has 0 radical (unpaired) electrons. The Labute approximate surface area is 112 Å². The molecule has 19 heavy (non-hydrogen) atoms. The van der Waals surface area contributed by atoms with Gasteiger partial charge in [0.15, 0.2) is 0 Å². The second-order valence-corrected chi connectivity index (χ2v) is 4.30. The fraction of sp³-hybridized carbons (Fsp3) is 0.462. The largest absolute Gasteiger partial charge is 0.544 e. The van der Waals surface area contributed by atoms with Gasteiger partial charge in [-0.15, -0.1) is 0 Å². The van der Waals surface area contributed by atoms with Gasteiger partial charge in [-0.3, -0.25) is 9.78 Å². The maximum atomic E-state index is 11.7. The number of nitrogens with zero attached hydrogens (tertiary/aromatic N) is 1. The third-order valence-corrected chi connectivity index (χ3v) is 2.66. The predicted octanol–water partition coefficient (Wildman–Crippen LogP) is -1.11. The summed E-state index contributed by atoms with van der Waals surface area (Å²) in [6, 6.07) is 2.54. The van der Waals surface area contributed by atoms with Crippen molar-refractivity contribution >= 4 is 17.6 Å². The summed E-state index contributed by atoms with van der Waals surface area (Å²) in [5, 5.41) is 15.2. The van der Waals surface area contributed by atoms with Crippen LogP contribution in [0.1, 0.15) is 26.2 Å². The predicted molar refractivity (Wildman–Crippen MR) is 68.0 cm³/mol. The molecule has 0 saturated carbocycles. The first-order valence-electron chi connectivity index (χ1n) is 6.37.